The van der Waals surface area contributed by atoms with Crippen molar-refractivity contribution in [1.82, 2.24) is 0 Å². The van der Waals surface area contributed by atoms with E-state index in [4.69, 9.17) is 0 Å². The summed E-state index contributed by atoms with van der Waals surface area (Å²) in [5.41, 5.74) is 2.51. The predicted octanol–water partition coefficient (Wildman–Crippen LogP) is 4.00. The van der Waals surface area contributed by atoms with Gasteiger partial charge in [-0.05, 0) is 38.5 Å². The minimum absolute atomic E-state index is 0.704. The van der Waals surface area contributed by atoms with Crippen LogP contribution in [0.1, 0.15) is 54.4 Å². The lowest BCUT2D eigenvalue weighted by atomic mass is 10.1. The van der Waals surface area contributed by atoms with Crippen LogP contribution in [0, 0.1) is 11.8 Å². The van der Waals surface area contributed by atoms with Crippen molar-refractivity contribution >= 4 is 11.4 Å². The molecule has 2 nitrogen and oxygen atoms in total. The molecule has 0 rings (SSSR count). The van der Waals surface area contributed by atoms with Crippen LogP contribution >= 0.6 is 0 Å². The molecule has 0 atom stereocenters. The molecule has 0 aromatic carbocycles. The fourth-order valence-electron chi connectivity index (χ4n) is 1.79. The summed E-state index contributed by atoms with van der Waals surface area (Å²) in [7, 11) is 0. The number of hydrogen-bond acceptors (Lipinski definition) is 2. The summed E-state index contributed by atoms with van der Waals surface area (Å²) in [6.07, 6.45) is 2.21. The maximum Gasteiger partial charge on any atom is 0.0584 e. The standard InChI is InChI=1S/C14H28N2/c1-11(2)9-13(5)15-7-8-16-14(6)10-12(3)4/h11-12H,7-10H2,1-6H3. The third kappa shape index (κ3) is 9.88. The molecule has 2 heteroatoms. The van der Waals surface area contributed by atoms with E-state index in [1.165, 1.54) is 11.4 Å². The first-order valence-electron chi connectivity index (χ1n) is 6.41. The van der Waals surface area contributed by atoms with E-state index >= 15 is 0 Å². The van der Waals surface area contributed by atoms with Gasteiger partial charge in [-0.15, -0.1) is 0 Å². The molecule has 0 aromatic rings. The van der Waals surface area contributed by atoms with Gasteiger partial charge in [0.1, 0.15) is 0 Å². The fourth-order valence-corrected chi connectivity index (χ4v) is 1.79. The van der Waals surface area contributed by atoms with E-state index in [-0.39, 0.29) is 0 Å². The van der Waals surface area contributed by atoms with Gasteiger partial charge < -0.3 is 0 Å². The summed E-state index contributed by atoms with van der Waals surface area (Å²) in [6, 6.07) is 0. The van der Waals surface area contributed by atoms with Gasteiger partial charge in [-0.1, -0.05) is 27.7 Å². The van der Waals surface area contributed by atoms with Crippen molar-refractivity contribution in [3.63, 3.8) is 0 Å². The van der Waals surface area contributed by atoms with Crippen LogP contribution in [0.5, 0.6) is 0 Å². The molecule has 0 radical (unpaired) electrons. The Morgan fingerprint density at radius 1 is 0.750 bits per heavy atom. The number of rotatable bonds is 7. The van der Waals surface area contributed by atoms with Gasteiger partial charge in [0.15, 0.2) is 0 Å². The Kier molecular flexibility index (Phi) is 8.14. The smallest absolute Gasteiger partial charge is 0.0584 e. The molecule has 0 heterocycles. The van der Waals surface area contributed by atoms with Crippen molar-refractivity contribution in [3.05, 3.63) is 0 Å². The van der Waals surface area contributed by atoms with E-state index in [2.05, 4.69) is 51.5 Å². The van der Waals surface area contributed by atoms with Crippen LogP contribution in [0.25, 0.3) is 0 Å². The Labute approximate surface area is 101 Å². The lowest BCUT2D eigenvalue weighted by Crippen LogP contribution is -2.03. The second kappa shape index (κ2) is 8.49. The zero-order chi connectivity index (χ0) is 12.6. The van der Waals surface area contributed by atoms with E-state index in [9.17, 15) is 0 Å². The highest BCUT2D eigenvalue weighted by Crippen LogP contribution is 2.02. The van der Waals surface area contributed by atoms with Crippen LogP contribution in [-0.2, 0) is 0 Å². The Balaban J connectivity index is 3.81. The summed E-state index contributed by atoms with van der Waals surface area (Å²) in [6.45, 7) is 14.8. The molecule has 0 aliphatic heterocycles. The van der Waals surface area contributed by atoms with Crippen LogP contribution in [0.3, 0.4) is 0 Å². The Hall–Kier alpha value is -0.660. The highest BCUT2D eigenvalue weighted by Gasteiger charge is 1.97. The third-order valence-electron chi connectivity index (χ3n) is 2.27. The highest BCUT2D eigenvalue weighted by molar-refractivity contribution is 5.82. The third-order valence-corrected chi connectivity index (χ3v) is 2.27. The first-order valence-corrected chi connectivity index (χ1v) is 6.41. The van der Waals surface area contributed by atoms with E-state index in [0.717, 1.165) is 25.9 Å². The summed E-state index contributed by atoms with van der Waals surface area (Å²) >= 11 is 0. The molecule has 94 valence electrons. The van der Waals surface area contributed by atoms with Gasteiger partial charge in [-0.3, -0.25) is 9.98 Å². The van der Waals surface area contributed by atoms with Crippen molar-refractivity contribution in [2.24, 2.45) is 21.8 Å². The van der Waals surface area contributed by atoms with E-state index in [1.807, 2.05) is 0 Å². The van der Waals surface area contributed by atoms with E-state index in [0.29, 0.717) is 11.8 Å². The topological polar surface area (TPSA) is 24.7 Å². The molecule has 0 spiro atoms. The van der Waals surface area contributed by atoms with Gasteiger partial charge in [-0.25, -0.2) is 0 Å². The predicted molar refractivity (Wildman–Crippen MR) is 74.9 cm³/mol. The molecule has 0 N–H and O–H groups in total. The molecular formula is C14H28N2. The second-order valence-corrected chi connectivity index (χ2v) is 5.43. The number of aliphatic imine (C=N–C) groups is 2. The maximum atomic E-state index is 4.52. The van der Waals surface area contributed by atoms with Crippen molar-refractivity contribution in [2.75, 3.05) is 13.1 Å². The van der Waals surface area contributed by atoms with Crippen LogP contribution in [0.4, 0.5) is 0 Å². The highest BCUT2D eigenvalue weighted by atomic mass is 14.8. The molecule has 0 unspecified atom stereocenters. The molecule has 0 saturated carbocycles. The Morgan fingerprint density at radius 3 is 1.31 bits per heavy atom. The quantitative estimate of drug-likeness (QED) is 0.461. The lowest BCUT2D eigenvalue weighted by Gasteiger charge is -2.05. The number of nitrogens with zero attached hydrogens (tertiary/aromatic N) is 2. The summed E-state index contributed by atoms with van der Waals surface area (Å²) in [5, 5.41) is 0. The van der Waals surface area contributed by atoms with Crippen LogP contribution in [0.15, 0.2) is 9.98 Å². The summed E-state index contributed by atoms with van der Waals surface area (Å²) in [5.74, 6) is 1.41. The normalized spacial score (nSPS) is 14.0. The van der Waals surface area contributed by atoms with Crippen molar-refractivity contribution in [3.8, 4) is 0 Å². The van der Waals surface area contributed by atoms with Crippen molar-refractivity contribution in [1.29, 1.82) is 0 Å². The van der Waals surface area contributed by atoms with Crippen LogP contribution in [-0.4, -0.2) is 24.5 Å². The minimum Gasteiger partial charge on any atom is -0.292 e. The van der Waals surface area contributed by atoms with E-state index < -0.39 is 0 Å². The summed E-state index contributed by atoms with van der Waals surface area (Å²) in [4.78, 5) is 9.05. The Morgan fingerprint density at radius 2 is 1.06 bits per heavy atom. The van der Waals surface area contributed by atoms with Gasteiger partial charge in [-0.2, -0.15) is 0 Å². The molecule has 0 saturated heterocycles. The minimum atomic E-state index is 0.704. The van der Waals surface area contributed by atoms with Gasteiger partial charge >= 0.3 is 0 Å². The van der Waals surface area contributed by atoms with Crippen LogP contribution in [0.2, 0.25) is 0 Å². The number of hydrogen-bond donors (Lipinski definition) is 0. The largest absolute Gasteiger partial charge is 0.292 e. The van der Waals surface area contributed by atoms with E-state index in [1.54, 1.807) is 0 Å². The van der Waals surface area contributed by atoms with Gasteiger partial charge in [0.25, 0.3) is 0 Å². The fraction of sp³-hybridized carbons (Fsp3) is 0.857. The summed E-state index contributed by atoms with van der Waals surface area (Å²) < 4.78 is 0. The monoisotopic (exact) mass is 224 g/mol. The SMILES string of the molecule is CC(CC(C)C)=NCCN=C(C)CC(C)C. The first kappa shape index (κ1) is 15.3. The lowest BCUT2D eigenvalue weighted by molar-refractivity contribution is 0.677. The maximum absolute atomic E-state index is 4.52. The zero-order valence-corrected chi connectivity index (χ0v) is 11.9. The molecular weight excluding hydrogens is 196 g/mol. The first-order chi connectivity index (χ1) is 7.41. The van der Waals surface area contributed by atoms with Crippen LogP contribution < -0.4 is 0 Å². The molecule has 0 fully saturated rings. The van der Waals surface area contributed by atoms with Gasteiger partial charge in [0.2, 0.25) is 0 Å². The second-order valence-electron chi connectivity index (χ2n) is 5.43. The molecule has 0 amide bonds. The molecule has 16 heavy (non-hydrogen) atoms. The molecule has 0 aromatic heterocycles. The molecule has 0 aliphatic carbocycles. The molecule has 0 aliphatic rings. The Bertz CT molecular complexity index is 211. The van der Waals surface area contributed by atoms with Crippen molar-refractivity contribution < 1.29 is 0 Å². The average molecular weight is 224 g/mol. The van der Waals surface area contributed by atoms with Crippen molar-refractivity contribution in [2.45, 2.75) is 54.4 Å². The average Bonchev–Trinajstić information content (AvgIpc) is 2.10. The van der Waals surface area contributed by atoms with Gasteiger partial charge in [0.05, 0.1) is 13.1 Å². The molecule has 0 bridgehead atoms. The van der Waals surface area contributed by atoms with Gasteiger partial charge in [0, 0.05) is 11.4 Å². The zero-order valence-electron chi connectivity index (χ0n) is 11.9.